The molecule has 2 nitrogen and oxygen atoms in total. The van der Waals surface area contributed by atoms with E-state index in [-0.39, 0.29) is 5.91 Å². The van der Waals surface area contributed by atoms with Crippen LogP contribution < -0.4 is 0 Å². The third kappa shape index (κ3) is 3.50. The molecule has 1 saturated heterocycles. The Kier molecular flexibility index (Phi) is 4.59. The molecule has 13 heavy (non-hydrogen) atoms. The number of hydrogen-bond donors (Lipinski definition) is 0. The molecule has 0 radical (unpaired) electrons. The molecule has 1 aliphatic heterocycles. The summed E-state index contributed by atoms with van der Waals surface area (Å²) >= 11 is 5.27. The lowest BCUT2D eigenvalue weighted by molar-refractivity contribution is -0.130. The van der Waals surface area contributed by atoms with Crippen molar-refractivity contribution in [1.29, 1.82) is 0 Å². The van der Waals surface area contributed by atoms with E-state index in [1.54, 1.807) is 0 Å². The number of halogens is 1. The van der Waals surface area contributed by atoms with Crippen LogP contribution in [-0.4, -0.2) is 39.7 Å². The Morgan fingerprint density at radius 1 is 1.46 bits per heavy atom. The van der Waals surface area contributed by atoms with E-state index in [1.807, 2.05) is 16.7 Å². The third-order valence-corrected chi connectivity index (χ3v) is 3.70. The van der Waals surface area contributed by atoms with Crippen LogP contribution in [0.3, 0.4) is 0 Å². The highest BCUT2D eigenvalue weighted by Crippen LogP contribution is 2.24. The summed E-state index contributed by atoms with van der Waals surface area (Å²) < 4.78 is 0. The SMILES string of the molecule is CC1CN(C(=O)CCBr)CC(C)S1. The predicted octanol–water partition coefficient (Wildman–Crippen LogP) is 2.12. The maximum Gasteiger partial charge on any atom is 0.223 e. The van der Waals surface area contributed by atoms with Gasteiger partial charge in [0, 0.05) is 35.3 Å². The van der Waals surface area contributed by atoms with E-state index in [1.165, 1.54) is 0 Å². The van der Waals surface area contributed by atoms with Gasteiger partial charge in [-0.1, -0.05) is 29.8 Å². The van der Waals surface area contributed by atoms with Crippen molar-refractivity contribution in [2.24, 2.45) is 0 Å². The molecule has 0 spiro atoms. The molecule has 2 unspecified atom stereocenters. The van der Waals surface area contributed by atoms with Crippen LogP contribution in [0.4, 0.5) is 0 Å². The minimum absolute atomic E-state index is 0.288. The summed E-state index contributed by atoms with van der Waals surface area (Å²) in [6, 6.07) is 0. The monoisotopic (exact) mass is 265 g/mol. The molecule has 1 heterocycles. The molecule has 4 heteroatoms. The number of rotatable bonds is 2. The highest BCUT2D eigenvalue weighted by Gasteiger charge is 2.24. The van der Waals surface area contributed by atoms with Gasteiger partial charge >= 0.3 is 0 Å². The summed E-state index contributed by atoms with van der Waals surface area (Å²) in [6.07, 6.45) is 0.629. The number of thioether (sulfide) groups is 1. The summed E-state index contributed by atoms with van der Waals surface area (Å²) in [5.41, 5.74) is 0. The molecule has 0 bridgehead atoms. The predicted molar refractivity (Wildman–Crippen MR) is 61.5 cm³/mol. The van der Waals surface area contributed by atoms with Crippen molar-refractivity contribution in [3.8, 4) is 0 Å². The van der Waals surface area contributed by atoms with Gasteiger partial charge in [0.15, 0.2) is 0 Å². The van der Waals surface area contributed by atoms with Gasteiger partial charge in [-0.25, -0.2) is 0 Å². The quantitative estimate of drug-likeness (QED) is 0.714. The number of carbonyl (C=O) groups is 1. The Bertz CT molecular complexity index is 178. The average Bonchev–Trinajstić information content (AvgIpc) is 2.03. The molecule has 1 rings (SSSR count). The van der Waals surface area contributed by atoms with E-state index < -0.39 is 0 Å². The Hall–Kier alpha value is 0.300. The number of amides is 1. The van der Waals surface area contributed by atoms with Gasteiger partial charge in [0.1, 0.15) is 0 Å². The van der Waals surface area contributed by atoms with E-state index in [2.05, 4.69) is 29.8 Å². The average molecular weight is 266 g/mol. The smallest absolute Gasteiger partial charge is 0.223 e. The largest absolute Gasteiger partial charge is 0.340 e. The van der Waals surface area contributed by atoms with Gasteiger partial charge in [0.05, 0.1) is 0 Å². The molecule has 0 aromatic rings. The molecule has 1 aliphatic rings. The van der Waals surface area contributed by atoms with Crippen LogP contribution in [0.25, 0.3) is 0 Å². The van der Waals surface area contributed by atoms with Crippen molar-refractivity contribution in [2.45, 2.75) is 30.8 Å². The standard InChI is InChI=1S/C9H16BrNOS/c1-7-5-11(6-8(2)13-7)9(12)3-4-10/h7-8H,3-6H2,1-2H3. The summed E-state index contributed by atoms with van der Waals surface area (Å²) in [5.74, 6) is 0.288. The first-order valence-corrected chi connectivity index (χ1v) is 6.69. The lowest BCUT2D eigenvalue weighted by Gasteiger charge is -2.34. The Balaban J connectivity index is 2.45. The van der Waals surface area contributed by atoms with Crippen LogP contribution in [0.1, 0.15) is 20.3 Å². The summed E-state index contributed by atoms with van der Waals surface area (Å²) in [4.78, 5) is 13.6. The molecule has 0 aromatic heterocycles. The number of hydrogen-bond acceptors (Lipinski definition) is 2. The molecular weight excluding hydrogens is 250 g/mol. The van der Waals surface area contributed by atoms with Gasteiger partial charge in [-0.15, -0.1) is 0 Å². The number of carbonyl (C=O) groups excluding carboxylic acids is 1. The third-order valence-electron chi connectivity index (χ3n) is 2.08. The summed E-state index contributed by atoms with van der Waals surface area (Å²) in [7, 11) is 0. The summed E-state index contributed by atoms with van der Waals surface area (Å²) in [6.45, 7) is 6.21. The topological polar surface area (TPSA) is 20.3 Å². The fourth-order valence-corrected chi connectivity index (χ4v) is 3.28. The van der Waals surface area contributed by atoms with Crippen LogP contribution in [0, 0.1) is 0 Å². The minimum Gasteiger partial charge on any atom is -0.340 e. The molecule has 0 N–H and O–H groups in total. The second kappa shape index (κ2) is 5.25. The van der Waals surface area contributed by atoms with Gasteiger partial charge < -0.3 is 4.90 Å². The van der Waals surface area contributed by atoms with Crippen molar-refractivity contribution in [3.63, 3.8) is 0 Å². The van der Waals surface area contributed by atoms with Crippen molar-refractivity contribution < 1.29 is 4.79 Å². The van der Waals surface area contributed by atoms with Crippen molar-refractivity contribution in [3.05, 3.63) is 0 Å². The molecule has 0 aromatic carbocycles. The minimum atomic E-state index is 0.288. The van der Waals surface area contributed by atoms with E-state index in [9.17, 15) is 4.79 Å². The second-order valence-electron chi connectivity index (χ2n) is 3.50. The Morgan fingerprint density at radius 2 is 2.00 bits per heavy atom. The fourth-order valence-electron chi connectivity index (χ4n) is 1.62. The van der Waals surface area contributed by atoms with Crippen LogP contribution >= 0.6 is 27.7 Å². The normalized spacial score (nSPS) is 29.0. The van der Waals surface area contributed by atoms with Crippen LogP contribution in [0.15, 0.2) is 0 Å². The lowest BCUT2D eigenvalue weighted by Crippen LogP contribution is -2.44. The van der Waals surface area contributed by atoms with Crippen LogP contribution in [0.5, 0.6) is 0 Å². The zero-order valence-corrected chi connectivity index (χ0v) is 10.5. The highest BCUT2D eigenvalue weighted by molar-refractivity contribution is 9.09. The zero-order valence-electron chi connectivity index (χ0n) is 8.12. The van der Waals surface area contributed by atoms with Crippen molar-refractivity contribution >= 4 is 33.6 Å². The van der Waals surface area contributed by atoms with Crippen LogP contribution in [-0.2, 0) is 4.79 Å². The lowest BCUT2D eigenvalue weighted by atomic mass is 10.3. The Morgan fingerprint density at radius 3 is 2.46 bits per heavy atom. The molecule has 1 fully saturated rings. The molecule has 2 atom stereocenters. The number of nitrogens with zero attached hydrogens (tertiary/aromatic N) is 1. The van der Waals surface area contributed by atoms with Crippen LogP contribution in [0.2, 0.25) is 0 Å². The van der Waals surface area contributed by atoms with Gasteiger partial charge in [-0.2, -0.15) is 11.8 Å². The van der Waals surface area contributed by atoms with E-state index >= 15 is 0 Å². The first-order valence-electron chi connectivity index (χ1n) is 4.62. The first-order chi connectivity index (χ1) is 6.13. The van der Waals surface area contributed by atoms with E-state index in [0.29, 0.717) is 16.9 Å². The van der Waals surface area contributed by atoms with Crippen molar-refractivity contribution in [1.82, 2.24) is 4.90 Å². The van der Waals surface area contributed by atoms with Gasteiger partial charge in [-0.3, -0.25) is 4.79 Å². The van der Waals surface area contributed by atoms with Gasteiger partial charge in [0.25, 0.3) is 0 Å². The maximum atomic E-state index is 11.6. The maximum absolute atomic E-state index is 11.6. The number of alkyl halides is 1. The van der Waals surface area contributed by atoms with E-state index in [4.69, 9.17) is 0 Å². The van der Waals surface area contributed by atoms with Gasteiger partial charge in [-0.05, 0) is 0 Å². The second-order valence-corrected chi connectivity index (χ2v) is 6.17. The first kappa shape index (κ1) is 11.4. The highest BCUT2D eigenvalue weighted by atomic mass is 79.9. The Labute approximate surface area is 92.6 Å². The molecule has 0 saturated carbocycles. The van der Waals surface area contributed by atoms with Gasteiger partial charge in [0.2, 0.25) is 5.91 Å². The summed E-state index contributed by atoms with van der Waals surface area (Å²) in [5, 5.41) is 1.95. The fraction of sp³-hybridized carbons (Fsp3) is 0.889. The van der Waals surface area contributed by atoms with Crippen molar-refractivity contribution in [2.75, 3.05) is 18.4 Å². The molecule has 0 aliphatic carbocycles. The zero-order chi connectivity index (χ0) is 9.84. The van der Waals surface area contributed by atoms with E-state index in [0.717, 1.165) is 18.4 Å². The molecule has 1 amide bonds. The molecule has 76 valence electrons. The molecular formula is C9H16BrNOS.